The first-order chi connectivity index (χ1) is 7.06. The van der Waals surface area contributed by atoms with E-state index in [1.165, 1.54) is 0 Å². The van der Waals surface area contributed by atoms with Crippen molar-refractivity contribution >= 4 is 11.6 Å². The summed E-state index contributed by atoms with van der Waals surface area (Å²) in [5.74, 6) is -0.0471. The molecule has 0 radical (unpaired) electrons. The average molecular weight is 206 g/mol. The Kier molecular flexibility index (Phi) is 3.72. The Morgan fingerprint density at radius 2 is 2.20 bits per heavy atom. The molecule has 0 aromatic heterocycles. The van der Waals surface area contributed by atoms with Gasteiger partial charge in [0.25, 0.3) is 5.91 Å². The number of nitrogens with one attached hydrogen (secondary N) is 1. The molecule has 3 heteroatoms. The fourth-order valence-corrected chi connectivity index (χ4v) is 1.30. The first-order valence-electron chi connectivity index (χ1n) is 5.22. The van der Waals surface area contributed by atoms with Crippen LogP contribution < -0.4 is 11.1 Å². The minimum absolute atomic E-state index is 0.0471. The van der Waals surface area contributed by atoms with E-state index in [2.05, 4.69) is 5.32 Å². The summed E-state index contributed by atoms with van der Waals surface area (Å²) in [5, 5.41) is 2.92. The smallest absolute Gasteiger partial charge is 0.251 e. The van der Waals surface area contributed by atoms with E-state index < -0.39 is 0 Å². The highest BCUT2D eigenvalue weighted by Gasteiger charge is 2.11. The SMILES string of the molecule is CCC(C)NC(=O)c1cccc(N)c1C. The van der Waals surface area contributed by atoms with E-state index >= 15 is 0 Å². The largest absolute Gasteiger partial charge is 0.398 e. The van der Waals surface area contributed by atoms with Gasteiger partial charge in [0.15, 0.2) is 0 Å². The van der Waals surface area contributed by atoms with Gasteiger partial charge in [-0.1, -0.05) is 13.0 Å². The molecular formula is C12H18N2O. The first-order valence-corrected chi connectivity index (χ1v) is 5.22. The van der Waals surface area contributed by atoms with Crippen molar-refractivity contribution in [2.24, 2.45) is 0 Å². The van der Waals surface area contributed by atoms with E-state index in [9.17, 15) is 4.79 Å². The second-order valence-corrected chi connectivity index (χ2v) is 3.80. The van der Waals surface area contributed by atoms with Crippen molar-refractivity contribution in [3.8, 4) is 0 Å². The minimum Gasteiger partial charge on any atom is -0.398 e. The highest BCUT2D eigenvalue weighted by molar-refractivity contribution is 5.97. The van der Waals surface area contributed by atoms with Crippen LogP contribution in [0.2, 0.25) is 0 Å². The summed E-state index contributed by atoms with van der Waals surface area (Å²) in [7, 11) is 0. The predicted molar refractivity (Wildman–Crippen MR) is 62.8 cm³/mol. The molecule has 1 atom stereocenters. The predicted octanol–water partition coefficient (Wildman–Crippen LogP) is 2.11. The summed E-state index contributed by atoms with van der Waals surface area (Å²) in [6.07, 6.45) is 0.924. The molecule has 1 rings (SSSR count). The lowest BCUT2D eigenvalue weighted by atomic mass is 10.1. The van der Waals surface area contributed by atoms with Crippen molar-refractivity contribution < 1.29 is 4.79 Å². The molecule has 0 saturated heterocycles. The van der Waals surface area contributed by atoms with Crippen LogP contribution in [0.3, 0.4) is 0 Å². The maximum absolute atomic E-state index is 11.8. The number of amides is 1. The summed E-state index contributed by atoms with van der Waals surface area (Å²) in [5.41, 5.74) is 7.91. The van der Waals surface area contributed by atoms with Crippen LogP contribution in [0, 0.1) is 6.92 Å². The highest BCUT2D eigenvalue weighted by Crippen LogP contribution is 2.15. The number of rotatable bonds is 3. The number of benzene rings is 1. The molecule has 0 aliphatic heterocycles. The molecule has 1 unspecified atom stereocenters. The molecule has 3 N–H and O–H groups in total. The fourth-order valence-electron chi connectivity index (χ4n) is 1.30. The first kappa shape index (κ1) is 11.6. The number of carbonyl (C=O) groups is 1. The zero-order valence-corrected chi connectivity index (χ0v) is 9.50. The van der Waals surface area contributed by atoms with Crippen molar-refractivity contribution in [1.29, 1.82) is 0 Å². The molecule has 0 heterocycles. The van der Waals surface area contributed by atoms with Crippen molar-refractivity contribution in [2.75, 3.05) is 5.73 Å². The van der Waals surface area contributed by atoms with Gasteiger partial charge in [-0.3, -0.25) is 4.79 Å². The molecule has 0 bridgehead atoms. The maximum atomic E-state index is 11.8. The monoisotopic (exact) mass is 206 g/mol. The molecule has 1 aromatic carbocycles. The van der Waals surface area contributed by atoms with E-state index in [0.717, 1.165) is 12.0 Å². The summed E-state index contributed by atoms with van der Waals surface area (Å²) in [6.45, 7) is 5.89. The van der Waals surface area contributed by atoms with Crippen LogP contribution >= 0.6 is 0 Å². The molecule has 0 fully saturated rings. The molecule has 0 spiro atoms. The van der Waals surface area contributed by atoms with E-state index in [1.54, 1.807) is 18.2 Å². The molecule has 82 valence electrons. The quantitative estimate of drug-likeness (QED) is 0.744. The lowest BCUT2D eigenvalue weighted by molar-refractivity contribution is 0.0938. The molecule has 1 aromatic rings. The number of nitrogens with two attached hydrogens (primary N) is 1. The Bertz CT molecular complexity index is 361. The van der Waals surface area contributed by atoms with Gasteiger partial charge in [-0.2, -0.15) is 0 Å². The van der Waals surface area contributed by atoms with Crippen LogP contribution in [-0.2, 0) is 0 Å². The summed E-state index contributed by atoms with van der Waals surface area (Å²) in [6, 6.07) is 5.59. The van der Waals surface area contributed by atoms with Gasteiger partial charge in [0.05, 0.1) is 0 Å². The molecular weight excluding hydrogens is 188 g/mol. The van der Waals surface area contributed by atoms with Gasteiger partial charge in [-0.05, 0) is 38.0 Å². The van der Waals surface area contributed by atoms with E-state index in [1.807, 2.05) is 20.8 Å². The molecule has 0 aliphatic rings. The second kappa shape index (κ2) is 4.82. The second-order valence-electron chi connectivity index (χ2n) is 3.80. The third kappa shape index (κ3) is 2.72. The summed E-state index contributed by atoms with van der Waals surface area (Å²) in [4.78, 5) is 11.8. The van der Waals surface area contributed by atoms with Crippen molar-refractivity contribution in [3.63, 3.8) is 0 Å². The van der Waals surface area contributed by atoms with Crippen molar-refractivity contribution in [3.05, 3.63) is 29.3 Å². The lowest BCUT2D eigenvalue weighted by Crippen LogP contribution is -2.32. The summed E-state index contributed by atoms with van der Waals surface area (Å²) < 4.78 is 0. The minimum atomic E-state index is -0.0471. The zero-order valence-electron chi connectivity index (χ0n) is 9.50. The van der Waals surface area contributed by atoms with Gasteiger partial charge in [0.2, 0.25) is 0 Å². The Morgan fingerprint density at radius 3 is 2.80 bits per heavy atom. The Balaban J connectivity index is 2.87. The normalized spacial score (nSPS) is 12.2. The van der Waals surface area contributed by atoms with Gasteiger partial charge in [0.1, 0.15) is 0 Å². The average Bonchev–Trinajstić information content (AvgIpc) is 2.21. The van der Waals surface area contributed by atoms with Crippen LogP contribution in [-0.4, -0.2) is 11.9 Å². The maximum Gasteiger partial charge on any atom is 0.251 e. The van der Waals surface area contributed by atoms with E-state index in [0.29, 0.717) is 11.3 Å². The Morgan fingerprint density at radius 1 is 1.53 bits per heavy atom. The van der Waals surface area contributed by atoms with Gasteiger partial charge < -0.3 is 11.1 Å². The number of anilines is 1. The zero-order chi connectivity index (χ0) is 11.4. The van der Waals surface area contributed by atoms with Crippen molar-refractivity contribution in [1.82, 2.24) is 5.32 Å². The molecule has 1 amide bonds. The molecule has 0 saturated carbocycles. The Hall–Kier alpha value is -1.51. The number of hydrogen-bond acceptors (Lipinski definition) is 2. The van der Waals surface area contributed by atoms with Gasteiger partial charge in [0, 0.05) is 17.3 Å². The standard InChI is InChI=1S/C12H18N2O/c1-4-8(2)14-12(15)10-6-5-7-11(13)9(10)3/h5-8H,4,13H2,1-3H3,(H,14,15). The van der Waals surface area contributed by atoms with Gasteiger partial charge in [-0.25, -0.2) is 0 Å². The van der Waals surface area contributed by atoms with Crippen LogP contribution in [0.5, 0.6) is 0 Å². The van der Waals surface area contributed by atoms with Gasteiger partial charge >= 0.3 is 0 Å². The number of nitrogen functional groups attached to an aromatic ring is 1. The van der Waals surface area contributed by atoms with Crippen LogP contribution in [0.15, 0.2) is 18.2 Å². The van der Waals surface area contributed by atoms with E-state index in [-0.39, 0.29) is 11.9 Å². The highest BCUT2D eigenvalue weighted by atomic mass is 16.1. The molecule has 15 heavy (non-hydrogen) atoms. The topological polar surface area (TPSA) is 55.1 Å². The summed E-state index contributed by atoms with van der Waals surface area (Å²) >= 11 is 0. The molecule has 0 aliphatic carbocycles. The van der Waals surface area contributed by atoms with Crippen LogP contribution in [0.1, 0.15) is 36.2 Å². The fraction of sp³-hybridized carbons (Fsp3) is 0.417. The van der Waals surface area contributed by atoms with E-state index in [4.69, 9.17) is 5.73 Å². The van der Waals surface area contributed by atoms with Crippen LogP contribution in [0.4, 0.5) is 5.69 Å². The molecule has 3 nitrogen and oxygen atoms in total. The van der Waals surface area contributed by atoms with Gasteiger partial charge in [-0.15, -0.1) is 0 Å². The Labute approximate surface area is 90.7 Å². The third-order valence-electron chi connectivity index (χ3n) is 2.61. The van der Waals surface area contributed by atoms with Crippen molar-refractivity contribution in [2.45, 2.75) is 33.2 Å². The lowest BCUT2D eigenvalue weighted by Gasteiger charge is -2.13. The van der Waals surface area contributed by atoms with Crippen LogP contribution in [0.25, 0.3) is 0 Å². The number of hydrogen-bond donors (Lipinski definition) is 2. The number of carbonyl (C=O) groups excluding carboxylic acids is 1. The third-order valence-corrected chi connectivity index (χ3v) is 2.61.